The Bertz CT molecular complexity index is 135. The molecule has 5 nitrogen and oxygen atoms in total. The second-order valence-corrected chi connectivity index (χ2v) is 3.10. The normalized spacial score (nSPS) is 16.2. The molecule has 0 aliphatic rings. The molecule has 0 radical (unpaired) electrons. The van der Waals surface area contributed by atoms with Crippen molar-refractivity contribution in [3.63, 3.8) is 0 Å². The molecule has 2 N–H and O–H groups in total. The quantitative estimate of drug-likeness (QED) is 0.281. The second-order valence-electron chi connectivity index (χ2n) is 2.89. The number of quaternary nitrogens is 1. The second kappa shape index (κ2) is 6.53. The van der Waals surface area contributed by atoms with Crippen molar-refractivity contribution >= 4 is 11.6 Å². The minimum absolute atomic E-state index is 0.0721. The van der Waals surface area contributed by atoms with Crippen molar-refractivity contribution in [3.8, 4) is 0 Å². The van der Waals surface area contributed by atoms with E-state index in [0.29, 0.717) is 13.0 Å². The Morgan fingerprint density at radius 2 is 2.08 bits per heavy atom. The number of alkyl halides is 1. The molecule has 0 amide bonds. The molecule has 13 heavy (non-hydrogen) atoms. The summed E-state index contributed by atoms with van der Waals surface area (Å²) in [6.07, 6.45) is 1.51. The van der Waals surface area contributed by atoms with Crippen molar-refractivity contribution in [1.29, 1.82) is 0 Å². The zero-order valence-electron chi connectivity index (χ0n) is 8.11. The van der Waals surface area contributed by atoms with Gasteiger partial charge in [-0.1, -0.05) is 16.6 Å². The SMILES string of the molecule is CN(CCCCO)[N+](C)(O)OCCl. The van der Waals surface area contributed by atoms with Crippen LogP contribution >= 0.6 is 11.6 Å². The molecule has 0 aromatic rings. The lowest BCUT2D eigenvalue weighted by Gasteiger charge is -2.29. The summed E-state index contributed by atoms with van der Waals surface area (Å²) in [4.78, 5) is 4.16. The fraction of sp³-hybridized carbons (Fsp3) is 1.00. The molecular formula is C7H18ClN2O3+. The summed E-state index contributed by atoms with van der Waals surface area (Å²) in [6.45, 7) is 0.795. The first-order chi connectivity index (χ1) is 6.04. The minimum atomic E-state index is -0.686. The molecule has 6 heteroatoms. The molecule has 0 fully saturated rings. The van der Waals surface area contributed by atoms with Crippen molar-refractivity contribution in [2.45, 2.75) is 12.8 Å². The summed E-state index contributed by atoms with van der Waals surface area (Å²) < 4.78 is 0. The third-order valence-corrected chi connectivity index (χ3v) is 1.91. The number of aliphatic hydroxyl groups is 1. The molecule has 0 rings (SSSR count). The molecule has 1 atom stereocenters. The lowest BCUT2D eigenvalue weighted by Crippen LogP contribution is -2.53. The highest BCUT2D eigenvalue weighted by molar-refractivity contribution is 6.16. The van der Waals surface area contributed by atoms with Crippen LogP contribution in [-0.4, -0.2) is 53.6 Å². The number of halogens is 1. The van der Waals surface area contributed by atoms with Gasteiger partial charge in [0.1, 0.15) is 0 Å². The van der Waals surface area contributed by atoms with Crippen LogP contribution in [0.5, 0.6) is 0 Å². The molecule has 1 unspecified atom stereocenters. The van der Waals surface area contributed by atoms with Crippen molar-refractivity contribution in [3.05, 3.63) is 0 Å². The van der Waals surface area contributed by atoms with Crippen molar-refractivity contribution in [2.75, 3.05) is 33.3 Å². The van der Waals surface area contributed by atoms with E-state index in [9.17, 15) is 5.21 Å². The van der Waals surface area contributed by atoms with Crippen LogP contribution in [-0.2, 0) is 4.84 Å². The summed E-state index contributed by atoms with van der Waals surface area (Å²) in [7, 11) is 3.19. The molecular weight excluding hydrogens is 196 g/mol. The summed E-state index contributed by atoms with van der Waals surface area (Å²) in [5.74, 6) is 0. The number of hydrogen-bond acceptors (Lipinski definition) is 4. The number of aliphatic hydroxyl groups excluding tert-OH is 1. The zero-order chi connectivity index (χ0) is 10.3. The summed E-state index contributed by atoms with van der Waals surface area (Å²) in [5.41, 5.74) is 0. The van der Waals surface area contributed by atoms with Crippen LogP contribution < -0.4 is 0 Å². The maximum absolute atomic E-state index is 9.58. The van der Waals surface area contributed by atoms with Crippen LogP contribution in [0.15, 0.2) is 0 Å². The Morgan fingerprint density at radius 3 is 2.54 bits per heavy atom. The Kier molecular flexibility index (Phi) is 6.58. The highest BCUT2D eigenvalue weighted by atomic mass is 35.5. The molecule has 0 aliphatic carbocycles. The predicted octanol–water partition coefficient (Wildman–Crippen LogP) is 0.569. The van der Waals surface area contributed by atoms with Gasteiger partial charge in [0, 0.05) is 18.6 Å². The Labute approximate surface area is 83.5 Å². The van der Waals surface area contributed by atoms with E-state index in [0.717, 1.165) is 6.42 Å². The molecule has 0 aromatic heterocycles. The van der Waals surface area contributed by atoms with E-state index in [-0.39, 0.29) is 12.7 Å². The Hall–Kier alpha value is 0.0900. The van der Waals surface area contributed by atoms with Crippen LogP contribution in [0.2, 0.25) is 0 Å². The van der Waals surface area contributed by atoms with Crippen LogP contribution in [0.3, 0.4) is 0 Å². The van der Waals surface area contributed by atoms with E-state index >= 15 is 0 Å². The van der Waals surface area contributed by atoms with Gasteiger partial charge in [0.05, 0.1) is 6.54 Å². The fourth-order valence-electron chi connectivity index (χ4n) is 0.829. The lowest BCUT2D eigenvalue weighted by molar-refractivity contribution is -1.30. The van der Waals surface area contributed by atoms with Gasteiger partial charge in [-0.3, -0.25) is 0 Å². The number of unbranched alkanes of at least 4 members (excludes halogenated alkanes) is 1. The van der Waals surface area contributed by atoms with E-state index in [2.05, 4.69) is 0 Å². The van der Waals surface area contributed by atoms with Crippen molar-refractivity contribution in [2.24, 2.45) is 0 Å². The topological polar surface area (TPSA) is 52.9 Å². The maximum atomic E-state index is 9.58. The largest absolute Gasteiger partial charge is 0.396 e. The maximum Gasteiger partial charge on any atom is 0.186 e. The van der Waals surface area contributed by atoms with Crippen molar-refractivity contribution in [1.82, 2.24) is 5.01 Å². The predicted molar refractivity (Wildman–Crippen MR) is 48.7 cm³/mol. The monoisotopic (exact) mass is 213 g/mol. The number of hydrogen-bond donors (Lipinski definition) is 2. The van der Waals surface area contributed by atoms with Gasteiger partial charge in [-0.05, 0) is 12.8 Å². The van der Waals surface area contributed by atoms with Crippen LogP contribution in [0.25, 0.3) is 0 Å². The lowest BCUT2D eigenvalue weighted by atomic mass is 10.3. The molecule has 0 heterocycles. The number of rotatable bonds is 7. The van der Waals surface area contributed by atoms with E-state index in [4.69, 9.17) is 21.5 Å². The van der Waals surface area contributed by atoms with E-state index < -0.39 is 4.92 Å². The summed E-state index contributed by atoms with van der Waals surface area (Å²) in [6, 6.07) is -0.0721. The molecule has 80 valence electrons. The van der Waals surface area contributed by atoms with E-state index in [1.807, 2.05) is 0 Å². The third kappa shape index (κ3) is 5.41. The van der Waals surface area contributed by atoms with Gasteiger partial charge >= 0.3 is 0 Å². The number of hydroxylamine groups is 2. The van der Waals surface area contributed by atoms with E-state index in [1.165, 1.54) is 7.05 Å². The molecule has 0 saturated carbocycles. The Balaban J connectivity index is 3.72. The van der Waals surface area contributed by atoms with Gasteiger partial charge in [-0.2, -0.15) is 5.21 Å². The highest BCUT2D eigenvalue weighted by Gasteiger charge is 2.26. The van der Waals surface area contributed by atoms with Gasteiger partial charge in [0.25, 0.3) is 0 Å². The molecule has 0 saturated heterocycles. The van der Waals surface area contributed by atoms with Crippen LogP contribution in [0, 0.1) is 0 Å². The number of nitrogens with zero attached hydrogens (tertiary/aromatic N) is 2. The van der Waals surface area contributed by atoms with Crippen LogP contribution in [0.4, 0.5) is 0 Å². The van der Waals surface area contributed by atoms with E-state index in [1.54, 1.807) is 12.1 Å². The standard InChI is InChI=1S/C7H18ClN2O3/c1-9(5-3-4-6-11)10(2,12)13-7-8/h11-12H,3-7H2,1-2H3/q+1. The van der Waals surface area contributed by atoms with Gasteiger partial charge in [0.15, 0.2) is 13.1 Å². The first-order valence-electron chi connectivity index (χ1n) is 4.17. The average Bonchev–Trinajstić information content (AvgIpc) is 2.04. The summed E-state index contributed by atoms with van der Waals surface area (Å²) >= 11 is 5.33. The van der Waals surface area contributed by atoms with Gasteiger partial charge in [0.2, 0.25) is 0 Å². The molecule has 0 bridgehead atoms. The zero-order valence-corrected chi connectivity index (χ0v) is 8.87. The summed E-state index contributed by atoms with van der Waals surface area (Å²) in [5, 5.41) is 19.7. The van der Waals surface area contributed by atoms with Crippen LogP contribution in [0.1, 0.15) is 12.8 Å². The first-order valence-corrected chi connectivity index (χ1v) is 4.70. The fourth-order valence-corrected chi connectivity index (χ4v) is 1.01. The van der Waals surface area contributed by atoms with Gasteiger partial charge in [-0.25, -0.2) is 0 Å². The third-order valence-electron chi connectivity index (χ3n) is 1.82. The molecule has 0 aliphatic heterocycles. The average molecular weight is 214 g/mol. The highest BCUT2D eigenvalue weighted by Crippen LogP contribution is 2.06. The Morgan fingerprint density at radius 1 is 1.46 bits per heavy atom. The molecule has 0 aromatic carbocycles. The van der Waals surface area contributed by atoms with Gasteiger partial charge < -0.3 is 5.11 Å². The van der Waals surface area contributed by atoms with Gasteiger partial charge in [-0.15, -0.1) is 4.84 Å². The van der Waals surface area contributed by atoms with Crippen molar-refractivity contribution < 1.29 is 20.1 Å². The smallest absolute Gasteiger partial charge is 0.186 e. The first kappa shape index (κ1) is 13.1. The molecule has 0 spiro atoms. The minimum Gasteiger partial charge on any atom is -0.396 e.